The van der Waals surface area contributed by atoms with Gasteiger partial charge in [0.25, 0.3) is 0 Å². The van der Waals surface area contributed by atoms with Crippen molar-refractivity contribution in [2.45, 2.75) is 44.8 Å². The summed E-state index contributed by atoms with van der Waals surface area (Å²) >= 11 is 0. The largest absolute Gasteiger partial charge is 0.508 e. The van der Waals surface area contributed by atoms with Gasteiger partial charge in [0.15, 0.2) is 0 Å². The zero-order valence-electron chi connectivity index (χ0n) is 18.9. The number of carbonyl (C=O) groups excluding carboxylic acids is 3. The van der Waals surface area contributed by atoms with Crippen molar-refractivity contribution in [1.29, 1.82) is 0 Å². The van der Waals surface area contributed by atoms with Crippen LogP contribution in [0.1, 0.15) is 25.1 Å². The number of aromatic hydroxyl groups is 1. The van der Waals surface area contributed by atoms with Crippen molar-refractivity contribution in [3.05, 3.63) is 48.0 Å². The van der Waals surface area contributed by atoms with Crippen LogP contribution < -0.4 is 21.7 Å². The Morgan fingerprint density at radius 3 is 2.26 bits per heavy atom. The molecule has 1 heterocycles. The molecule has 2 rings (SSSR count). The lowest BCUT2D eigenvalue weighted by Gasteiger charge is -2.22. The van der Waals surface area contributed by atoms with Crippen LogP contribution in [0.3, 0.4) is 0 Å². The maximum atomic E-state index is 13.0. The maximum absolute atomic E-state index is 13.0. The van der Waals surface area contributed by atoms with E-state index in [1.54, 1.807) is 26.0 Å². The van der Waals surface area contributed by atoms with Gasteiger partial charge in [-0.3, -0.25) is 14.4 Å². The van der Waals surface area contributed by atoms with Gasteiger partial charge in [0, 0.05) is 24.7 Å². The lowest BCUT2D eigenvalue weighted by atomic mass is 10.0. The van der Waals surface area contributed by atoms with Gasteiger partial charge in [-0.1, -0.05) is 26.0 Å². The van der Waals surface area contributed by atoms with Crippen LogP contribution in [0.15, 0.2) is 36.8 Å². The summed E-state index contributed by atoms with van der Waals surface area (Å²) in [5.74, 6) is -3.23. The minimum absolute atomic E-state index is 0.0215. The number of aliphatic carboxylic acids is 1. The SMILES string of the molecule is CC(C)C(N)C(=O)NCC(=O)NC(Cc1ccc(O)cc1)C(=O)NC(Cc1cnc[nH]1)C(=O)O. The minimum atomic E-state index is -1.27. The number of phenolic OH excluding ortho intramolecular Hbond substituents is 1. The van der Waals surface area contributed by atoms with Crippen molar-refractivity contribution in [3.8, 4) is 5.75 Å². The van der Waals surface area contributed by atoms with Crippen LogP contribution in [-0.4, -0.2) is 68.5 Å². The summed E-state index contributed by atoms with van der Waals surface area (Å²) in [6.45, 7) is 3.13. The van der Waals surface area contributed by atoms with Crippen molar-refractivity contribution in [1.82, 2.24) is 25.9 Å². The number of hydrogen-bond acceptors (Lipinski definition) is 7. The lowest BCUT2D eigenvalue weighted by Crippen LogP contribution is -2.55. The molecule has 184 valence electrons. The number of benzene rings is 1. The number of rotatable bonds is 12. The van der Waals surface area contributed by atoms with Crippen molar-refractivity contribution < 1.29 is 29.4 Å². The number of nitrogens with zero attached hydrogens (tertiary/aromatic N) is 1. The number of phenols is 1. The monoisotopic (exact) mass is 474 g/mol. The highest BCUT2D eigenvalue weighted by atomic mass is 16.4. The Kier molecular flexibility index (Phi) is 9.56. The van der Waals surface area contributed by atoms with Gasteiger partial charge in [0.1, 0.15) is 17.8 Å². The summed E-state index contributed by atoms with van der Waals surface area (Å²) in [5.41, 5.74) is 6.88. The number of nitrogens with two attached hydrogens (primary N) is 1. The standard InChI is InChI=1S/C22H30N6O6/c1-12(2)19(23)21(32)25-10-18(30)27-16(7-13-3-5-15(29)6-4-13)20(31)28-17(22(33)34)8-14-9-24-11-26-14/h3-6,9,11-12,16-17,19,29H,7-8,10,23H2,1-2H3,(H,24,26)(H,25,32)(H,27,30)(H,28,31)(H,33,34). The first-order valence-electron chi connectivity index (χ1n) is 10.7. The van der Waals surface area contributed by atoms with Gasteiger partial charge in [-0.25, -0.2) is 9.78 Å². The number of nitrogens with one attached hydrogen (secondary N) is 4. The minimum Gasteiger partial charge on any atom is -0.508 e. The van der Waals surface area contributed by atoms with E-state index in [0.29, 0.717) is 11.3 Å². The third kappa shape index (κ3) is 8.20. The molecule has 3 amide bonds. The fourth-order valence-corrected chi connectivity index (χ4v) is 3.00. The summed E-state index contributed by atoms with van der Waals surface area (Å²) in [6.07, 6.45) is 2.82. The smallest absolute Gasteiger partial charge is 0.326 e. The molecule has 0 spiro atoms. The zero-order valence-corrected chi connectivity index (χ0v) is 18.9. The molecule has 3 atom stereocenters. The summed E-state index contributed by atoms with van der Waals surface area (Å²) in [5, 5.41) is 26.4. The summed E-state index contributed by atoms with van der Waals surface area (Å²) in [6, 6.07) is 2.81. The van der Waals surface area contributed by atoms with Crippen molar-refractivity contribution in [3.63, 3.8) is 0 Å². The maximum Gasteiger partial charge on any atom is 0.326 e. The lowest BCUT2D eigenvalue weighted by molar-refractivity contribution is -0.142. The Bertz CT molecular complexity index is 976. The molecule has 34 heavy (non-hydrogen) atoms. The van der Waals surface area contributed by atoms with Gasteiger partial charge in [-0.05, 0) is 23.6 Å². The molecule has 3 unspecified atom stereocenters. The molecule has 0 bridgehead atoms. The van der Waals surface area contributed by atoms with Crippen molar-refractivity contribution in [2.24, 2.45) is 11.7 Å². The molecule has 2 aromatic rings. The Labute approximate surface area is 196 Å². The number of amides is 3. The van der Waals surface area contributed by atoms with E-state index in [1.807, 2.05) is 0 Å². The molecule has 0 saturated heterocycles. The number of imidazole rings is 1. The fourth-order valence-electron chi connectivity index (χ4n) is 3.00. The molecule has 12 nitrogen and oxygen atoms in total. The predicted molar refractivity (Wildman–Crippen MR) is 121 cm³/mol. The van der Waals surface area contributed by atoms with E-state index in [2.05, 4.69) is 25.9 Å². The van der Waals surface area contributed by atoms with Gasteiger partial charge < -0.3 is 36.9 Å². The number of carboxylic acid groups (broad SMARTS) is 1. The van der Waals surface area contributed by atoms with E-state index < -0.39 is 48.4 Å². The molecule has 0 aliphatic heterocycles. The summed E-state index contributed by atoms with van der Waals surface area (Å²) in [7, 11) is 0. The highest BCUT2D eigenvalue weighted by Gasteiger charge is 2.28. The number of aromatic amines is 1. The van der Waals surface area contributed by atoms with Gasteiger partial charge in [0.2, 0.25) is 17.7 Å². The van der Waals surface area contributed by atoms with Crippen LogP contribution >= 0.6 is 0 Å². The van der Waals surface area contributed by atoms with E-state index in [1.165, 1.54) is 24.7 Å². The second-order valence-electron chi connectivity index (χ2n) is 8.16. The number of carbonyl (C=O) groups is 4. The zero-order chi connectivity index (χ0) is 25.3. The van der Waals surface area contributed by atoms with Crippen molar-refractivity contribution in [2.75, 3.05) is 6.54 Å². The first-order chi connectivity index (χ1) is 16.1. The predicted octanol–water partition coefficient (Wildman–Crippen LogP) is -0.946. The number of aromatic nitrogens is 2. The van der Waals surface area contributed by atoms with Gasteiger partial charge in [0.05, 0.1) is 18.9 Å². The Balaban J connectivity index is 2.10. The second kappa shape index (κ2) is 12.3. The van der Waals surface area contributed by atoms with Gasteiger partial charge >= 0.3 is 5.97 Å². The Morgan fingerprint density at radius 1 is 1.03 bits per heavy atom. The molecule has 0 aliphatic carbocycles. The molecule has 8 N–H and O–H groups in total. The first-order valence-corrected chi connectivity index (χ1v) is 10.7. The highest BCUT2D eigenvalue weighted by Crippen LogP contribution is 2.12. The van der Waals surface area contributed by atoms with Crippen molar-refractivity contribution >= 4 is 23.7 Å². The molecule has 0 saturated carbocycles. The summed E-state index contributed by atoms with van der Waals surface area (Å²) in [4.78, 5) is 55.7. The molecule has 1 aromatic heterocycles. The quantitative estimate of drug-likeness (QED) is 0.204. The average Bonchev–Trinajstić information content (AvgIpc) is 3.30. The molecular weight excluding hydrogens is 444 g/mol. The Morgan fingerprint density at radius 2 is 1.71 bits per heavy atom. The van der Waals surface area contributed by atoms with E-state index >= 15 is 0 Å². The van der Waals surface area contributed by atoms with Crippen LogP contribution in [0.4, 0.5) is 0 Å². The first kappa shape index (κ1) is 26.3. The third-order valence-corrected chi connectivity index (χ3v) is 5.07. The van der Waals surface area contributed by atoms with Crippen LogP contribution in [0, 0.1) is 5.92 Å². The number of H-pyrrole nitrogens is 1. The van der Waals surface area contributed by atoms with E-state index in [9.17, 15) is 29.4 Å². The highest BCUT2D eigenvalue weighted by molar-refractivity contribution is 5.92. The number of hydrogen-bond donors (Lipinski definition) is 7. The van der Waals surface area contributed by atoms with Crippen LogP contribution in [0.2, 0.25) is 0 Å². The van der Waals surface area contributed by atoms with Gasteiger partial charge in [-0.2, -0.15) is 0 Å². The molecular formula is C22H30N6O6. The van der Waals surface area contributed by atoms with Crippen LogP contribution in [0.25, 0.3) is 0 Å². The normalized spacial score (nSPS) is 13.5. The summed E-state index contributed by atoms with van der Waals surface area (Å²) < 4.78 is 0. The van der Waals surface area contributed by atoms with E-state index in [-0.39, 0.29) is 24.5 Å². The molecule has 1 aromatic carbocycles. The van der Waals surface area contributed by atoms with Crippen LogP contribution in [0.5, 0.6) is 5.75 Å². The van der Waals surface area contributed by atoms with Gasteiger partial charge in [-0.15, -0.1) is 0 Å². The topological polar surface area (TPSA) is 200 Å². The molecule has 0 fully saturated rings. The van der Waals surface area contributed by atoms with E-state index in [4.69, 9.17) is 5.73 Å². The second-order valence-corrected chi connectivity index (χ2v) is 8.16. The Hall–Kier alpha value is -3.93. The average molecular weight is 475 g/mol. The molecule has 0 aliphatic rings. The fraction of sp³-hybridized carbons (Fsp3) is 0.409. The van der Waals surface area contributed by atoms with E-state index in [0.717, 1.165) is 0 Å². The molecule has 0 radical (unpaired) electrons. The number of carboxylic acids is 1. The third-order valence-electron chi connectivity index (χ3n) is 5.07. The van der Waals surface area contributed by atoms with Crippen LogP contribution in [-0.2, 0) is 32.0 Å². The molecule has 12 heteroatoms.